The number of tetrazole rings is 1. The lowest BCUT2D eigenvalue weighted by molar-refractivity contribution is 0.664. The minimum atomic E-state index is 0.851. The molecule has 0 amide bonds. The van der Waals surface area contributed by atoms with Crippen molar-refractivity contribution < 1.29 is 0 Å². The standard InChI is InChI=1S/C5H9N4S/c1-3-4-10-5-6-7-8-9(5)2/h1,3-4H2,2H3. The van der Waals surface area contributed by atoms with E-state index in [1.807, 2.05) is 7.05 Å². The average molecular weight is 157 g/mol. The quantitative estimate of drug-likeness (QED) is 0.600. The van der Waals surface area contributed by atoms with Crippen molar-refractivity contribution in [2.75, 3.05) is 5.75 Å². The maximum Gasteiger partial charge on any atom is 0.209 e. The molecule has 0 aliphatic rings. The van der Waals surface area contributed by atoms with E-state index in [-0.39, 0.29) is 0 Å². The Hall–Kier alpha value is -0.580. The number of rotatable bonds is 3. The lowest BCUT2D eigenvalue weighted by Crippen LogP contribution is -1.93. The average Bonchev–Trinajstić information content (AvgIpc) is 2.31. The van der Waals surface area contributed by atoms with Crippen molar-refractivity contribution in [2.24, 2.45) is 7.05 Å². The zero-order chi connectivity index (χ0) is 7.40. The number of thioether (sulfide) groups is 1. The third-order valence-corrected chi connectivity index (χ3v) is 2.05. The van der Waals surface area contributed by atoms with Gasteiger partial charge in [0.15, 0.2) is 0 Å². The molecule has 55 valence electrons. The molecule has 0 aromatic carbocycles. The molecular weight excluding hydrogens is 148 g/mol. The Morgan fingerprint density at radius 3 is 3.00 bits per heavy atom. The van der Waals surface area contributed by atoms with Crippen LogP contribution in [0.1, 0.15) is 6.42 Å². The van der Waals surface area contributed by atoms with Crippen LogP contribution in [0.4, 0.5) is 0 Å². The van der Waals surface area contributed by atoms with E-state index < -0.39 is 0 Å². The summed E-state index contributed by atoms with van der Waals surface area (Å²) >= 11 is 1.62. The fourth-order valence-electron chi connectivity index (χ4n) is 0.507. The summed E-state index contributed by atoms with van der Waals surface area (Å²) in [4.78, 5) is 0. The van der Waals surface area contributed by atoms with Crippen LogP contribution in [-0.4, -0.2) is 26.0 Å². The van der Waals surface area contributed by atoms with Gasteiger partial charge in [-0.3, -0.25) is 0 Å². The number of nitrogens with zero attached hydrogens (tertiary/aromatic N) is 4. The van der Waals surface area contributed by atoms with E-state index in [9.17, 15) is 0 Å². The van der Waals surface area contributed by atoms with Crippen LogP contribution in [0, 0.1) is 6.92 Å². The lowest BCUT2D eigenvalue weighted by Gasteiger charge is -1.93. The summed E-state index contributed by atoms with van der Waals surface area (Å²) < 4.78 is 1.65. The van der Waals surface area contributed by atoms with Gasteiger partial charge >= 0.3 is 0 Å². The van der Waals surface area contributed by atoms with Crippen molar-refractivity contribution in [3.63, 3.8) is 0 Å². The molecular formula is C5H9N4S. The molecule has 5 heteroatoms. The maximum atomic E-state index is 3.79. The summed E-state index contributed by atoms with van der Waals surface area (Å²) in [6.07, 6.45) is 0.900. The Morgan fingerprint density at radius 1 is 1.70 bits per heavy atom. The first kappa shape index (κ1) is 7.53. The van der Waals surface area contributed by atoms with Gasteiger partial charge in [-0.1, -0.05) is 18.7 Å². The molecule has 1 rings (SSSR count). The first-order chi connectivity index (χ1) is 4.84. The Labute approximate surface area is 64.0 Å². The van der Waals surface area contributed by atoms with Gasteiger partial charge in [0.1, 0.15) is 0 Å². The molecule has 4 nitrogen and oxygen atoms in total. The van der Waals surface area contributed by atoms with E-state index in [1.165, 1.54) is 0 Å². The van der Waals surface area contributed by atoms with Crippen LogP contribution in [0.25, 0.3) is 0 Å². The van der Waals surface area contributed by atoms with Gasteiger partial charge in [0.25, 0.3) is 0 Å². The van der Waals surface area contributed by atoms with Gasteiger partial charge < -0.3 is 0 Å². The minimum Gasteiger partial charge on any atom is -0.224 e. The molecule has 0 saturated heterocycles. The molecule has 0 aliphatic heterocycles. The highest BCUT2D eigenvalue weighted by molar-refractivity contribution is 7.99. The second-order valence-electron chi connectivity index (χ2n) is 1.79. The van der Waals surface area contributed by atoms with Crippen molar-refractivity contribution in [1.29, 1.82) is 0 Å². The van der Waals surface area contributed by atoms with Crippen molar-refractivity contribution in [1.82, 2.24) is 20.2 Å². The van der Waals surface area contributed by atoms with Crippen molar-refractivity contribution >= 4 is 11.8 Å². The lowest BCUT2D eigenvalue weighted by atomic mass is 10.6. The Morgan fingerprint density at radius 2 is 2.50 bits per heavy atom. The van der Waals surface area contributed by atoms with Crippen LogP contribution in [0.15, 0.2) is 5.16 Å². The summed E-state index contributed by atoms with van der Waals surface area (Å²) in [6.45, 7) is 3.72. The number of hydrogen-bond donors (Lipinski definition) is 0. The normalized spacial score (nSPS) is 10.2. The number of aromatic nitrogens is 4. The highest BCUT2D eigenvalue weighted by Gasteiger charge is 1.99. The Balaban J connectivity index is 2.49. The van der Waals surface area contributed by atoms with E-state index in [0.717, 1.165) is 17.3 Å². The maximum absolute atomic E-state index is 3.79. The molecule has 1 aromatic heterocycles. The zero-order valence-electron chi connectivity index (χ0n) is 5.82. The first-order valence-electron chi connectivity index (χ1n) is 2.99. The molecule has 0 saturated carbocycles. The highest BCUT2D eigenvalue weighted by Crippen LogP contribution is 2.12. The second kappa shape index (κ2) is 3.55. The van der Waals surface area contributed by atoms with Crippen molar-refractivity contribution in [2.45, 2.75) is 11.6 Å². The molecule has 1 heterocycles. The molecule has 10 heavy (non-hydrogen) atoms. The van der Waals surface area contributed by atoms with Gasteiger partial charge in [-0.25, -0.2) is 4.68 Å². The van der Waals surface area contributed by atoms with Crippen LogP contribution >= 0.6 is 11.8 Å². The van der Waals surface area contributed by atoms with Gasteiger partial charge in [0, 0.05) is 12.8 Å². The Kier molecular flexibility index (Phi) is 2.68. The summed E-state index contributed by atoms with van der Waals surface area (Å²) in [5.74, 6) is 0.966. The fraction of sp³-hybridized carbons (Fsp3) is 0.600. The van der Waals surface area contributed by atoms with Gasteiger partial charge in [0.05, 0.1) is 0 Å². The van der Waals surface area contributed by atoms with Gasteiger partial charge in [-0.05, 0) is 16.8 Å². The van der Waals surface area contributed by atoms with E-state index in [2.05, 4.69) is 22.4 Å². The molecule has 0 spiro atoms. The topological polar surface area (TPSA) is 43.6 Å². The van der Waals surface area contributed by atoms with Crippen LogP contribution in [-0.2, 0) is 7.05 Å². The fourth-order valence-corrected chi connectivity index (χ4v) is 1.15. The SMILES string of the molecule is [CH2]CCSc1nnnn1C. The number of hydrogen-bond acceptors (Lipinski definition) is 4. The smallest absolute Gasteiger partial charge is 0.209 e. The molecule has 0 N–H and O–H groups in total. The predicted octanol–water partition coefficient (Wildman–Crippen LogP) is 0.526. The van der Waals surface area contributed by atoms with Crippen LogP contribution < -0.4 is 0 Å². The third kappa shape index (κ3) is 1.70. The number of aryl methyl sites for hydroxylation is 1. The first-order valence-corrected chi connectivity index (χ1v) is 3.97. The highest BCUT2D eigenvalue weighted by atomic mass is 32.2. The Bertz CT molecular complexity index is 197. The summed E-state index contributed by atoms with van der Waals surface area (Å²) in [5.41, 5.74) is 0. The molecule has 1 radical (unpaired) electrons. The van der Waals surface area contributed by atoms with Crippen LogP contribution in [0.3, 0.4) is 0 Å². The molecule has 0 unspecified atom stereocenters. The summed E-state index contributed by atoms with van der Waals surface area (Å²) in [5, 5.41) is 11.8. The van der Waals surface area contributed by atoms with E-state index in [0.29, 0.717) is 0 Å². The molecule has 1 aromatic rings. The molecule has 0 fully saturated rings. The minimum absolute atomic E-state index is 0.851. The van der Waals surface area contributed by atoms with Crippen molar-refractivity contribution in [3.05, 3.63) is 6.92 Å². The predicted molar refractivity (Wildman–Crippen MR) is 39.5 cm³/mol. The van der Waals surface area contributed by atoms with E-state index in [4.69, 9.17) is 0 Å². The zero-order valence-corrected chi connectivity index (χ0v) is 6.63. The largest absolute Gasteiger partial charge is 0.224 e. The van der Waals surface area contributed by atoms with Gasteiger partial charge in [-0.15, -0.1) is 5.10 Å². The monoisotopic (exact) mass is 157 g/mol. The van der Waals surface area contributed by atoms with E-state index in [1.54, 1.807) is 16.4 Å². The van der Waals surface area contributed by atoms with E-state index >= 15 is 0 Å². The third-order valence-electron chi connectivity index (χ3n) is 0.957. The molecule has 0 aliphatic carbocycles. The van der Waals surface area contributed by atoms with Gasteiger partial charge in [0.2, 0.25) is 5.16 Å². The molecule has 0 atom stereocenters. The van der Waals surface area contributed by atoms with Crippen molar-refractivity contribution in [3.8, 4) is 0 Å². The second-order valence-corrected chi connectivity index (χ2v) is 2.85. The summed E-state index contributed by atoms with van der Waals surface area (Å²) in [6, 6.07) is 0. The molecule has 0 bridgehead atoms. The van der Waals surface area contributed by atoms with Gasteiger partial charge in [-0.2, -0.15) is 0 Å². The van der Waals surface area contributed by atoms with Crippen LogP contribution in [0.5, 0.6) is 0 Å². The summed E-state index contributed by atoms with van der Waals surface area (Å²) in [7, 11) is 1.82. The van der Waals surface area contributed by atoms with Crippen LogP contribution in [0.2, 0.25) is 0 Å².